The van der Waals surface area contributed by atoms with Crippen LogP contribution in [0.2, 0.25) is 0 Å². The predicted molar refractivity (Wildman–Crippen MR) is 95.5 cm³/mol. The molecule has 1 aliphatic rings. The predicted octanol–water partition coefficient (Wildman–Crippen LogP) is 3.58. The molecule has 1 amide bonds. The zero-order valence-electron chi connectivity index (χ0n) is 14.6. The van der Waals surface area contributed by atoms with Gasteiger partial charge in [-0.1, -0.05) is 18.2 Å². The fraction of sp³-hybridized carbons (Fsp3) is 0.300. The molecule has 0 spiro atoms. The molecule has 0 atom stereocenters. The van der Waals surface area contributed by atoms with E-state index in [4.69, 9.17) is 9.47 Å². The minimum absolute atomic E-state index is 0.0304. The number of ether oxygens (including phenoxy) is 2. The Morgan fingerprint density at radius 3 is 2.32 bits per heavy atom. The van der Waals surface area contributed by atoms with Gasteiger partial charge in [0.25, 0.3) is 0 Å². The number of rotatable bonds is 6. The van der Waals surface area contributed by atoms with Crippen LogP contribution >= 0.6 is 0 Å². The number of Topliss-reactive ketones (excluding diaryl/α,β-unsaturated/α-hetero) is 1. The molecule has 0 heterocycles. The van der Waals surface area contributed by atoms with Crippen LogP contribution in [0.3, 0.4) is 0 Å². The minimum Gasteiger partial charge on any atom is -0.493 e. The lowest BCUT2D eigenvalue weighted by Crippen LogP contribution is -2.27. The second-order valence-electron chi connectivity index (χ2n) is 6.24. The Morgan fingerprint density at radius 1 is 1.00 bits per heavy atom. The van der Waals surface area contributed by atoms with Crippen molar-refractivity contribution in [1.29, 1.82) is 0 Å². The average molecular weight is 339 g/mol. The Balaban J connectivity index is 1.84. The van der Waals surface area contributed by atoms with Crippen LogP contribution in [0.5, 0.6) is 11.5 Å². The van der Waals surface area contributed by atoms with Gasteiger partial charge in [0.1, 0.15) is 0 Å². The molecule has 5 heteroatoms. The molecule has 0 saturated heterocycles. The van der Waals surface area contributed by atoms with Crippen molar-refractivity contribution in [2.75, 3.05) is 19.5 Å². The largest absolute Gasteiger partial charge is 0.493 e. The fourth-order valence-electron chi connectivity index (χ4n) is 2.97. The normalized spacial score (nSPS) is 14.5. The lowest BCUT2D eigenvalue weighted by molar-refractivity contribution is -0.118. The second kappa shape index (κ2) is 6.59. The van der Waals surface area contributed by atoms with Crippen LogP contribution in [-0.4, -0.2) is 25.9 Å². The van der Waals surface area contributed by atoms with E-state index in [2.05, 4.69) is 5.32 Å². The monoisotopic (exact) mass is 339 g/mol. The maximum Gasteiger partial charge on any atom is 0.235 e. The highest BCUT2D eigenvalue weighted by Crippen LogP contribution is 2.50. The molecule has 1 aliphatic carbocycles. The van der Waals surface area contributed by atoms with Crippen molar-refractivity contribution in [2.24, 2.45) is 0 Å². The molecule has 3 rings (SSSR count). The molecule has 0 radical (unpaired) electrons. The van der Waals surface area contributed by atoms with E-state index in [1.165, 1.54) is 6.92 Å². The van der Waals surface area contributed by atoms with Crippen LogP contribution in [0, 0.1) is 0 Å². The van der Waals surface area contributed by atoms with E-state index in [1.54, 1.807) is 38.5 Å². The third kappa shape index (κ3) is 3.22. The summed E-state index contributed by atoms with van der Waals surface area (Å²) in [5.41, 5.74) is 1.56. The summed E-state index contributed by atoms with van der Waals surface area (Å²) in [6.07, 6.45) is 1.56. The van der Waals surface area contributed by atoms with Gasteiger partial charge in [-0.2, -0.15) is 0 Å². The number of ketones is 1. The summed E-state index contributed by atoms with van der Waals surface area (Å²) in [5, 5.41) is 2.94. The number of carbonyl (C=O) groups is 2. The third-order valence-corrected chi connectivity index (χ3v) is 4.65. The number of anilines is 1. The summed E-state index contributed by atoms with van der Waals surface area (Å²) in [7, 11) is 3.16. The highest BCUT2D eigenvalue weighted by atomic mass is 16.5. The molecule has 0 unspecified atom stereocenters. The maximum absolute atomic E-state index is 12.9. The minimum atomic E-state index is -0.550. The Hall–Kier alpha value is -2.82. The molecule has 1 saturated carbocycles. The van der Waals surface area contributed by atoms with Gasteiger partial charge in [-0.15, -0.1) is 0 Å². The van der Waals surface area contributed by atoms with Gasteiger partial charge in [0.15, 0.2) is 17.3 Å². The van der Waals surface area contributed by atoms with E-state index in [-0.39, 0.29) is 11.7 Å². The first-order valence-electron chi connectivity index (χ1n) is 8.15. The molecule has 2 aromatic rings. The molecule has 1 fully saturated rings. The first-order chi connectivity index (χ1) is 12.0. The fourth-order valence-corrected chi connectivity index (χ4v) is 2.97. The van der Waals surface area contributed by atoms with Crippen LogP contribution in [0.25, 0.3) is 0 Å². The first kappa shape index (κ1) is 17.0. The number of amides is 1. The van der Waals surface area contributed by atoms with E-state index in [1.807, 2.05) is 18.2 Å². The highest BCUT2D eigenvalue weighted by Gasteiger charge is 2.51. The van der Waals surface area contributed by atoms with E-state index in [0.717, 1.165) is 18.4 Å². The average Bonchev–Trinajstić information content (AvgIpc) is 3.43. The van der Waals surface area contributed by atoms with Gasteiger partial charge in [-0.25, -0.2) is 0 Å². The molecule has 25 heavy (non-hydrogen) atoms. The Kier molecular flexibility index (Phi) is 4.49. The van der Waals surface area contributed by atoms with Gasteiger partial charge in [0, 0.05) is 11.3 Å². The Morgan fingerprint density at radius 2 is 1.72 bits per heavy atom. The summed E-state index contributed by atoms with van der Waals surface area (Å²) >= 11 is 0. The Labute approximate surface area is 147 Å². The van der Waals surface area contributed by atoms with Crippen LogP contribution in [0.1, 0.15) is 35.7 Å². The van der Waals surface area contributed by atoms with Crippen molar-refractivity contribution < 1.29 is 19.1 Å². The third-order valence-electron chi connectivity index (χ3n) is 4.65. The second-order valence-corrected chi connectivity index (χ2v) is 6.24. The van der Waals surface area contributed by atoms with Crippen molar-refractivity contribution >= 4 is 17.4 Å². The smallest absolute Gasteiger partial charge is 0.235 e. The van der Waals surface area contributed by atoms with Crippen LogP contribution < -0.4 is 14.8 Å². The van der Waals surface area contributed by atoms with E-state index < -0.39 is 5.41 Å². The quantitative estimate of drug-likeness (QED) is 0.817. The number of hydrogen-bond donors (Lipinski definition) is 1. The topological polar surface area (TPSA) is 64.6 Å². The van der Waals surface area contributed by atoms with Crippen molar-refractivity contribution in [3.8, 4) is 11.5 Å². The summed E-state index contributed by atoms with van der Waals surface area (Å²) in [5.74, 6) is 1.15. The number of hydrogen-bond acceptors (Lipinski definition) is 4. The summed E-state index contributed by atoms with van der Waals surface area (Å²) < 4.78 is 10.6. The summed E-state index contributed by atoms with van der Waals surface area (Å²) in [6, 6.07) is 12.6. The molecule has 2 aromatic carbocycles. The first-order valence-corrected chi connectivity index (χ1v) is 8.15. The van der Waals surface area contributed by atoms with Crippen molar-refractivity contribution in [2.45, 2.75) is 25.2 Å². The number of nitrogens with one attached hydrogen (secondary N) is 1. The van der Waals surface area contributed by atoms with Crippen LogP contribution in [0.15, 0.2) is 42.5 Å². The van der Waals surface area contributed by atoms with E-state index in [0.29, 0.717) is 22.7 Å². The molecule has 5 nitrogen and oxygen atoms in total. The molecular formula is C20H21NO4. The van der Waals surface area contributed by atoms with Crippen LogP contribution in [-0.2, 0) is 10.2 Å². The zero-order chi connectivity index (χ0) is 18.0. The molecule has 0 bridgehead atoms. The molecule has 0 aromatic heterocycles. The lowest BCUT2D eigenvalue weighted by Gasteiger charge is -2.18. The van der Waals surface area contributed by atoms with E-state index >= 15 is 0 Å². The lowest BCUT2D eigenvalue weighted by atomic mass is 9.94. The van der Waals surface area contributed by atoms with Crippen molar-refractivity contribution in [3.63, 3.8) is 0 Å². The zero-order valence-corrected chi connectivity index (χ0v) is 14.6. The SMILES string of the molecule is COc1ccc(C2(C(=O)Nc3cccc(C(C)=O)c3)CC2)cc1OC. The number of methoxy groups -OCH3 is 2. The molecule has 130 valence electrons. The van der Waals surface area contributed by atoms with Gasteiger partial charge in [0.05, 0.1) is 19.6 Å². The summed E-state index contributed by atoms with van der Waals surface area (Å²) in [6.45, 7) is 1.51. The molecular weight excluding hydrogens is 318 g/mol. The Bertz CT molecular complexity index is 824. The summed E-state index contributed by atoms with van der Waals surface area (Å²) in [4.78, 5) is 24.4. The van der Waals surface area contributed by atoms with Gasteiger partial charge in [0.2, 0.25) is 5.91 Å². The van der Waals surface area contributed by atoms with Gasteiger partial charge in [-0.3, -0.25) is 9.59 Å². The van der Waals surface area contributed by atoms with Gasteiger partial charge < -0.3 is 14.8 Å². The molecule has 0 aliphatic heterocycles. The number of carbonyl (C=O) groups excluding carboxylic acids is 2. The highest BCUT2D eigenvalue weighted by molar-refractivity contribution is 6.02. The maximum atomic E-state index is 12.9. The standard InChI is InChI=1S/C20H21NO4/c1-13(22)14-5-4-6-16(11-14)21-19(23)20(9-10-20)15-7-8-17(24-2)18(12-15)25-3/h4-8,11-12H,9-10H2,1-3H3,(H,21,23). The van der Waals surface area contributed by atoms with Crippen LogP contribution in [0.4, 0.5) is 5.69 Å². The van der Waals surface area contributed by atoms with Crippen molar-refractivity contribution in [1.82, 2.24) is 0 Å². The van der Waals surface area contributed by atoms with Crippen molar-refractivity contribution in [3.05, 3.63) is 53.6 Å². The van der Waals surface area contributed by atoms with E-state index in [9.17, 15) is 9.59 Å². The van der Waals surface area contributed by atoms with Gasteiger partial charge in [-0.05, 0) is 49.6 Å². The molecule has 1 N–H and O–H groups in total. The number of benzene rings is 2. The van der Waals surface area contributed by atoms with Gasteiger partial charge >= 0.3 is 0 Å².